The fourth-order valence-corrected chi connectivity index (χ4v) is 2.89. The van der Waals surface area contributed by atoms with Crippen LogP contribution in [0.5, 0.6) is 0 Å². The third kappa shape index (κ3) is 2.40. The molecule has 0 N–H and O–H groups in total. The molecule has 0 amide bonds. The topological polar surface area (TPSA) is 35.1 Å². The SMILES string of the molecule is Cn1c(=O)oc2cc(C(Cl)c3cccc(Br)c3F)ccc21. The Balaban J connectivity index is 2.11. The third-order valence-corrected chi connectivity index (χ3v) is 4.46. The van der Waals surface area contributed by atoms with E-state index in [1.807, 2.05) is 0 Å². The van der Waals surface area contributed by atoms with Crippen LogP contribution in [0.4, 0.5) is 4.39 Å². The average Bonchev–Trinajstić information content (AvgIpc) is 2.76. The number of halogens is 3. The molecule has 3 nitrogen and oxygen atoms in total. The quantitative estimate of drug-likeness (QED) is 0.628. The van der Waals surface area contributed by atoms with E-state index < -0.39 is 17.0 Å². The monoisotopic (exact) mass is 369 g/mol. The van der Waals surface area contributed by atoms with Crippen LogP contribution in [-0.4, -0.2) is 4.57 Å². The fraction of sp³-hybridized carbons (Fsp3) is 0.133. The Morgan fingerprint density at radius 1 is 1.33 bits per heavy atom. The maximum Gasteiger partial charge on any atom is 0.419 e. The second-order valence-electron chi connectivity index (χ2n) is 4.66. The first-order valence-electron chi connectivity index (χ1n) is 6.16. The van der Waals surface area contributed by atoms with Gasteiger partial charge in [0.1, 0.15) is 5.82 Å². The zero-order valence-electron chi connectivity index (χ0n) is 10.9. The highest BCUT2D eigenvalue weighted by Crippen LogP contribution is 2.34. The smallest absolute Gasteiger partial charge is 0.408 e. The number of oxazole rings is 1. The second kappa shape index (κ2) is 5.31. The average molecular weight is 371 g/mol. The number of rotatable bonds is 2. The van der Waals surface area contributed by atoms with E-state index in [-0.39, 0.29) is 0 Å². The molecule has 0 radical (unpaired) electrons. The minimum Gasteiger partial charge on any atom is -0.408 e. The zero-order chi connectivity index (χ0) is 15.1. The van der Waals surface area contributed by atoms with E-state index in [0.29, 0.717) is 26.7 Å². The van der Waals surface area contributed by atoms with Gasteiger partial charge in [-0.2, -0.15) is 0 Å². The molecule has 0 bridgehead atoms. The Labute approximate surface area is 133 Å². The predicted molar refractivity (Wildman–Crippen MR) is 83.3 cm³/mol. The van der Waals surface area contributed by atoms with E-state index in [1.165, 1.54) is 4.57 Å². The van der Waals surface area contributed by atoms with E-state index in [9.17, 15) is 9.18 Å². The Morgan fingerprint density at radius 3 is 2.86 bits per heavy atom. The number of benzene rings is 2. The lowest BCUT2D eigenvalue weighted by Crippen LogP contribution is -2.08. The molecular formula is C15H10BrClFNO2. The molecule has 1 unspecified atom stereocenters. The summed E-state index contributed by atoms with van der Waals surface area (Å²) in [5, 5.41) is -0.669. The highest BCUT2D eigenvalue weighted by molar-refractivity contribution is 9.10. The van der Waals surface area contributed by atoms with Gasteiger partial charge in [-0.15, -0.1) is 11.6 Å². The summed E-state index contributed by atoms with van der Waals surface area (Å²) in [7, 11) is 1.62. The van der Waals surface area contributed by atoms with Crippen LogP contribution in [0.2, 0.25) is 0 Å². The van der Waals surface area contributed by atoms with Gasteiger partial charge >= 0.3 is 5.76 Å². The van der Waals surface area contributed by atoms with Crippen molar-refractivity contribution in [3.05, 3.63) is 68.4 Å². The first-order chi connectivity index (χ1) is 9.99. The molecule has 0 saturated heterocycles. The summed E-state index contributed by atoms with van der Waals surface area (Å²) in [6, 6.07) is 10.1. The fourth-order valence-electron chi connectivity index (χ4n) is 2.20. The number of fused-ring (bicyclic) bond motifs is 1. The van der Waals surface area contributed by atoms with Crippen molar-refractivity contribution >= 4 is 38.6 Å². The number of aryl methyl sites for hydroxylation is 1. The van der Waals surface area contributed by atoms with Crippen molar-refractivity contribution < 1.29 is 8.81 Å². The van der Waals surface area contributed by atoms with E-state index in [0.717, 1.165) is 0 Å². The summed E-state index contributed by atoms with van der Waals surface area (Å²) in [6.45, 7) is 0. The highest BCUT2D eigenvalue weighted by Gasteiger charge is 2.18. The van der Waals surface area contributed by atoms with E-state index in [2.05, 4.69) is 15.9 Å². The van der Waals surface area contributed by atoms with Crippen molar-refractivity contribution in [3.63, 3.8) is 0 Å². The van der Waals surface area contributed by atoms with E-state index >= 15 is 0 Å². The largest absolute Gasteiger partial charge is 0.419 e. The van der Waals surface area contributed by atoms with Crippen molar-refractivity contribution in [2.24, 2.45) is 7.05 Å². The second-order valence-corrected chi connectivity index (χ2v) is 5.95. The Bertz CT molecular complexity index is 887. The zero-order valence-corrected chi connectivity index (χ0v) is 13.3. The number of nitrogens with zero attached hydrogens (tertiary/aromatic N) is 1. The van der Waals surface area contributed by atoms with Gasteiger partial charge in [0.2, 0.25) is 0 Å². The molecular weight excluding hydrogens is 361 g/mol. The van der Waals surface area contributed by atoms with E-state index in [4.69, 9.17) is 16.0 Å². The van der Waals surface area contributed by atoms with Crippen molar-refractivity contribution in [2.75, 3.05) is 0 Å². The number of alkyl halides is 1. The first-order valence-corrected chi connectivity index (χ1v) is 7.39. The molecule has 6 heteroatoms. The summed E-state index contributed by atoms with van der Waals surface area (Å²) < 4.78 is 21.0. The van der Waals surface area contributed by atoms with Crippen molar-refractivity contribution in [2.45, 2.75) is 5.38 Å². The lowest BCUT2D eigenvalue weighted by Gasteiger charge is -2.12. The standard InChI is InChI=1S/C15H10BrClFNO2/c1-19-11-6-5-8(7-12(11)21-15(19)20)13(17)9-3-2-4-10(16)14(9)18/h2-7,13H,1H3. The minimum atomic E-state index is -0.669. The lowest BCUT2D eigenvalue weighted by atomic mass is 10.0. The number of hydrogen-bond donors (Lipinski definition) is 0. The molecule has 0 saturated carbocycles. The van der Waals surface area contributed by atoms with Crippen LogP contribution >= 0.6 is 27.5 Å². The normalized spacial score (nSPS) is 12.8. The molecule has 3 rings (SSSR count). The summed E-state index contributed by atoms with van der Waals surface area (Å²) in [5.41, 5.74) is 2.13. The van der Waals surface area contributed by atoms with Crippen LogP contribution in [0.25, 0.3) is 11.1 Å². The number of hydrogen-bond acceptors (Lipinski definition) is 2. The molecule has 0 aliphatic carbocycles. The molecule has 2 aromatic carbocycles. The van der Waals surface area contributed by atoms with Crippen LogP contribution in [0.3, 0.4) is 0 Å². The molecule has 21 heavy (non-hydrogen) atoms. The van der Waals surface area contributed by atoms with Crippen LogP contribution in [-0.2, 0) is 7.05 Å². The summed E-state index contributed by atoms with van der Waals surface area (Å²) in [4.78, 5) is 11.5. The first kappa shape index (κ1) is 14.4. The summed E-state index contributed by atoms with van der Waals surface area (Å²) >= 11 is 9.51. The molecule has 108 valence electrons. The molecule has 1 atom stereocenters. The Hall–Kier alpha value is -1.59. The van der Waals surface area contributed by atoms with Gasteiger partial charge in [-0.3, -0.25) is 4.57 Å². The molecule has 1 heterocycles. The molecule has 0 fully saturated rings. The van der Waals surface area contributed by atoms with Crippen molar-refractivity contribution in [3.8, 4) is 0 Å². The van der Waals surface area contributed by atoms with Crippen molar-refractivity contribution in [1.29, 1.82) is 0 Å². The summed E-state index contributed by atoms with van der Waals surface area (Å²) in [6.07, 6.45) is 0. The Morgan fingerprint density at radius 2 is 2.10 bits per heavy atom. The van der Waals surface area contributed by atoms with Gasteiger partial charge in [-0.1, -0.05) is 18.2 Å². The van der Waals surface area contributed by atoms with Gasteiger partial charge < -0.3 is 4.42 Å². The Kier molecular flexibility index (Phi) is 3.63. The highest BCUT2D eigenvalue weighted by atomic mass is 79.9. The van der Waals surface area contributed by atoms with Crippen LogP contribution in [0.1, 0.15) is 16.5 Å². The van der Waals surface area contributed by atoms with Gasteiger partial charge in [0.25, 0.3) is 0 Å². The van der Waals surface area contributed by atoms with Gasteiger partial charge in [-0.25, -0.2) is 9.18 Å². The minimum absolute atomic E-state index is 0.359. The molecule has 3 aromatic rings. The summed E-state index contributed by atoms with van der Waals surface area (Å²) in [5.74, 6) is -0.839. The number of aromatic nitrogens is 1. The maximum absolute atomic E-state index is 14.1. The molecule has 0 spiro atoms. The molecule has 1 aromatic heterocycles. The van der Waals surface area contributed by atoms with Crippen LogP contribution in [0.15, 0.2) is 50.1 Å². The van der Waals surface area contributed by atoms with Crippen molar-refractivity contribution in [1.82, 2.24) is 4.57 Å². The molecule has 0 aliphatic rings. The van der Waals surface area contributed by atoms with Gasteiger partial charge in [-0.05, 0) is 39.7 Å². The van der Waals surface area contributed by atoms with Gasteiger partial charge in [0.05, 0.1) is 15.4 Å². The lowest BCUT2D eigenvalue weighted by molar-refractivity contribution is 0.528. The van der Waals surface area contributed by atoms with Gasteiger partial charge in [0.15, 0.2) is 5.58 Å². The molecule has 0 aliphatic heterocycles. The van der Waals surface area contributed by atoms with Crippen LogP contribution < -0.4 is 5.76 Å². The maximum atomic E-state index is 14.1. The van der Waals surface area contributed by atoms with Gasteiger partial charge in [0, 0.05) is 12.6 Å². The third-order valence-electron chi connectivity index (χ3n) is 3.36. The van der Waals surface area contributed by atoms with Crippen LogP contribution in [0, 0.1) is 5.82 Å². The predicted octanol–water partition coefficient (Wildman–Crippen LogP) is 4.36. The van der Waals surface area contributed by atoms with E-state index in [1.54, 1.807) is 43.4 Å².